The summed E-state index contributed by atoms with van der Waals surface area (Å²) >= 11 is 6.30. The molecule has 4 heteroatoms. The Morgan fingerprint density at radius 1 is 1.50 bits per heavy atom. The summed E-state index contributed by atoms with van der Waals surface area (Å²) in [4.78, 5) is 2.44. The third-order valence-electron chi connectivity index (χ3n) is 3.37. The largest absolute Gasteiger partial charge is 0.378 e. The molecule has 1 aliphatic heterocycles. The van der Waals surface area contributed by atoms with Gasteiger partial charge in [-0.2, -0.15) is 0 Å². The van der Waals surface area contributed by atoms with Gasteiger partial charge in [0, 0.05) is 30.7 Å². The molecule has 1 fully saturated rings. The lowest BCUT2D eigenvalue weighted by Crippen LogP contribution is -2.49. The number of benzene rings is 1. The van der Waals surface area contributed by atoms with E-state index in [1.165, 1.54) is 11.1 Å². The minimum Gasteiger partial charge on any atom is -0.378 e. The zero-order chi connectivity index (χ0) is 13.0. The lowest BCUT2D eigenvalue weighted by atomic mass is 10.1. The van der Waals surface area contributed by atoms with Gasteiger partial charge in [-0.1, -0.05) is 23.7 Å². The van der Waals surface area contributed by atoms with Gasteiger partial charge < -0.3 is 10.1 Å². The Bertz CT molecular complexity index is 395. The molecule has 0 bridgehead atoms. The molecular formula is C14H21ClN2O. The summed E-state index contributed by atoms with van der Waals surface area (Å²) < 4.78 is 5.54. The van der Waals surface area contributed by atoms with E-state index >= 15 is 0 Å². The highest BCUT2D eigenvalue weighted by atomic mass is 35.5. The summed E-state index contributed by atoms with van der Waals surface area (Å²) in [5.41, 5.74) is 2.41. The standard InChI is InChI=1S/C14H21ClN2O/c1-11-3-4-12(14(15)7-11)9-17-5-6-18-10-13(17)8-16-2/h3-4,7,13,16H,5-6,8-10H2,1-2H3. The van der Waals surface area contributed by atoms with Gasteiger partial charge in [0.25, 0.3) is 0 Å². The first-order valence-corrected chi connectivity index (χ1v) is 6.80. The topological polar surface area (TPSA) is 24.5 Å². The first kappa shape index (κ1) is 13.8. The van der Waals surface area contributed by atoms with Gasteiger partial charge >= 0.3 is 0 Å². The number of likely N-dealkylation sites (N-methyl/N-ethyl adjacent to an activating group) is 1. The summed E-state index contributed by atoms with van der Waals surface area (Å²) in [6.45, 7) is 6.48. The van der Waals surface area contributed by atoms with E-state index in [9.17, 15) is 0 Å². The third kappa shape index (κ3) is 3.45. The number of hydrogen-bond donors (Lipinski definition) is 1. The molecule has 0 radical (unpaired) electrons. The maximum absolute atomic E-state index is 6.30. The predicted molar refractivity (Wildman–Crippen MR) is 75.1 cm³/mol. The van der Waals surface area contributed by atoms with E-state index in [1.54, 1.807) is 0 Å². The van der Waals surface area contributed by atoms with E-state index in [-0.39, 0.29) is 0 Å². The Kier molecular flexibility index (Phi) is 5.01. The molecule has 0 aromatic heterocycles. The second kappa shape index (κ2) is 6.53. The van der Waals surface area contributed by atoms with E-state index in [2.05, 4.69) is 29.3 Å². The average Bonchev–Trinajstić information content (AvgIpc) is 2.35. The minimum atomic E-state index is 0.432. The number of morpholine rings is 1. The SMILES string of the molecule is CNCC1COCCN1Cc1ccc(C)cc1Cl. The molecule has 0 spiro atoms. The van der Waals surface area contributed by atoms with Crippen molar-refractivity contribution in [2.45, 2.75) is 19.5 Å². The van der Waals surface area contributed by atoms with Crippen LogP contribution in [-0.4, -0.2) is 44.3 Å². The Balaban J connectivity index is 2.06. The normalized spacial score (nSPS) is 21.2. The average molecular weight is 269 g/mol. The van der Waals surface area contributed by atoms with Crippen molar-refractivity contribution in [3.63, 3.8) is 0 Å². The highest BCUT2D eigenvalue weighted by Crippen LogP contribution is 2.21. The van der Waals surface area contributed by atoms with Crippen molar-refractivity contribution in [3.8, 4) is 0 Å². The summed E-state index contributed by atoms with van der Waals surface area (Å²) in [6, 6.07) is 6.71. The second-order valence-electron chi connectivity index (χ2n) is 4.85. The van der Waals surface area contributed by atoms with Gasteiger partial charge in [0.1, 0.15) is 0 Å². The molecule has 0 aliphatic carbocycles. The maximum atomic E-state index is 6.30. The Hall–Kier alpha value is -0.610. The number of rotatable bonds is 4. The van der Waals surface area contributed by atoms with Crippen LogP contribution in [0.15, 0.2) is 18.2 Å². The molecular weight excluding hydrogens is 248 g/mol. The van der Waals surface area contributed by atoms with Crippen LogP contribution in [0.5, 0.6) is 0 Å². The number of hydrogen-bond acceptors (Lipinski definition) is 3. The summed E-state index contributed by atoms with van der Waals surface area (Å²) in [6.07, 6.45) is 0. The molecule has 1 saturated heterocycles. The monoisotopic (exact) mass is 268 g/mol. The molecule has 1 aromatic rings. The lowest BCUT2D eigenvalue weighted by molar-refractivity contribution is -0.0103. The number of ether oxygens (including phenoxy) is 1. The van der Waals surface area contributed by atoms with Crippen LogP contribution in [-0.2, 0) is 11.3 Å². The van der Waals surface area contributed by atoms with Crippen LogP contribution in [0.3, 0.4) is 0 Å². The van der Waals surface area contributed by atoms with Crippen molar-refractivity contribution in [2.24, 2.45) is 0 Å². The highest BCUT2D eigenvalue weighted by Gasteiger charge is 2.22. The van der Waals surface area contributed by atoms with Crippen molar-refractivity contribution in [1.82, 2.24) is 10.2 Å². The van der Waals surface area contributed by atoms with Gasteiger partial charge in [0.05, 0.1) is 13.2 Å². The smallest absolute Gasteiger partial charge is 0.0635 e. The molecule has 1 aliphatic rings. The molecule has 2 rings (SSSR count). The lowest BCUT2D eigenvalue weighted by Gasteiger charge is -2.35. The van der Waals surface area contributed by atoms with Crippen molar-refractivity contribution in [1.29, 1.82) is 0 Å². The number of halogens is 1. The van der Waals surface area contributed by atoms with Crippen LogP contribution < -0.4 is 5.32 Å². The highest BCUT2D eigenvalue weighted by molar-refractivity contribution is 6.31. The number of nitrogens with zero attached hydrogens (tertiary/aromatic N) is 1. The quantitative estimate of drug-likeness (QED) is 0.905. The summed E-state index contributed by atoms with van der Waals surface area (Å²) in [5, 5.41) is 4.09. The van der Waals surface area contributed by atoms with Gasteiger partial charge in [0.15, 0.2) is 0 Å². The van der Waals surface area contributed by atoms with E-state index in [1.807, 2.05) is 13.1 Å². The molecule has 0 saturated carbocycles. The number of aryl methyl sites for hydroxylation is 1. The minimum absolute atomic E-state index is 0.432. The molecule has 100 valence electrons. The van der Waals surface area contributed by atoms with Crippen LogP contribution in [0.1, 0.15) is 11.1 Å². The van der Waals surface area contributed by atoms with Gasteiger partial charge in [-0.05, 0) is 31.2 Å². The molecule has 1 unspecified atom stereocenters. The van der Waals surface area contributed by atoms with Crippen LogP contribution >= 0.6 is 11.6 Å². The van der Waals surface area contributed by atoms with Gasteiger partial charge in [0.2, 0.25) is 0 Å². The van der Waals surface area contributed by atoms with Crippen molar-refractivity contribution < 1.29 is 4.74 Å². The first-order chi connectivity index (χ1) is 8.70. The molecule has 1 atom stereocenters. The van der Waals surface area contributed by atoms with Gasteiger partial charge in [-0.25, -0.2) is 0 Å². The van der Waals surface area contributed by atoms with Gasteiger partial charge in [-0.15, -0.1) is 0 Å². The predicted octanol–water partition coefficient (Wildman–Crippen LogP) is 2.07. The Morgan fingerprint density at radius 3 is 3.06 bits per heavy atom. The Morgan fingerprint density at radius 2 is 2.33 bits per heavy atom. The van der Waals surface area contributed by atoms with E-state index in [0.29, 0.717) is 6.04 Å². The van der Waals surface area contributed by atoms with E-state index in [4.69, 9.17) is 16.3 Å². The van der Waals surface area contributed by atoms with Crippen molar-refractivity contribution in [2.75, 3.05) is 33.4 Å². The first-order valence-electron chi connectivity index (χ1n) is 6.42. The van der Waals surface area contributed by atoms with Crippen LogP contribution in [0.2, 0.25) is 5.02 Å². The molecule has 0 amide bonds. The zero-order valence-corrected chi connectivity index (χ0v) is 11.8. The van der Waals surface area contributed by atoms with Crippen LogP contribution in [0, 0.1) is 6.92 Å². The third-order valence-corrected chi connectivity index (χ3v) is 3.72. The Labute approximate surface area is 114 Å². The summed E-state index contributed by atoms with van der Waals surface area (Å²) in [5.74, 6) is 0. The zero-order valence-electron chi connectivity index (χ0n) is 11.1. The van der Waals surface area contributed by atoms with E-state index in [0.717, 1.165) is 37.9 Å². The fourth-order valence-electron chi connectivity index (χ4n) is 2.32. The fourth-order valence-corrected chi connectivity index (χ4v) is 2.62. The molecule has 3 nitrogen and oxygen atoms in total. The molecule has 1 heterocycles. The fraction of sp³-hybridized carbons (Fsp3) is 0.571. The number of nitrogens with one attached hydrogen (secondary N) is 1. The summed E-state index contributed by atoms with van der Waals surface area (Å²) in [7, 11) is 1.98. The van der Waals surface area contributed by atoms with Crippen molar-refractivity contribution >= 4 is 11.6 Å². The molecule has 1 aromatic carbocycles. The molecule has 18 heavy (non-hydrogen) atoms. The van der Waals surface area contributed by atoms with Gasteiger partial charge in [-0.3, -0.25) is 4.90 Å². The molecule has 1 N–H and O–H groups in total. The van der Waals surface area contributed by atoms with Crippen LogP contribution in [0.25, 0.3) is 0 Å². The maximum Gasteiger partial charge on any atom is 0.0635 e. The van der Waals surface area contributed by atoms with E-state index < -0.39 is 0 Å². The second-order valence-corrected chi connectivity index (χ2v) is 5.26. The van der Waals surface area contributed by atoms with Crippen LogP contribution in [0.4, 0.5) is 0 Å². The van der Waals surface area contributed by atoms with Crippen molar-refractivity contribution in [3.05, 3.63) is 34.3 Å².